The lowest BCUT2D eigenvalue weighted by Gasteiger charge is -2.13. The molecule has 5 heteroatoms. The minimum atomic E-state index is -0.783. The highest BCUT2D eigenvalue weighted by molar-refractivity contribution is 5.71. The zero-order valence-electron chi connectivity index (χ0n) is 17.0. The van der Waals surface area contributed by atoms with Gasteiger partial charge in [-0.3, -0.25) is 4.79 Å². The Bertz CT molecular complexity index is 974. The number of pyridine rings is 1. The Morgan fingerprint density at radius 2 is 1.69 bits per heavy atom. The number of hydrogen-bond donors (Lipinski definition) is 2. The van der Waals surface area contributed by atoms with Gasteiger partial charge in [0, 0.05) is 30.8 Å². The van der Waals surface area contributed by atoms with Crippen LogP contribution in [-0.2, 0) is 17.8 Å². The van der Waals surface area contributed by atoms with E-state index >= 15 is 0 Å². The zero-order valence-corrected chi connectivity index (χ0v) is 17.0. The molecule has 0 saturated carbocycles. The van der Waals surface area contributed by atoms with Crippen LogP contribution in [0.1, 0.15) is 28.7 Å². The smallest absolute Gasteiger partial charge is 0.303 e. The molecule has 0 atom stereocenters. The SMILES string of the molecule is CNc1cc(C)c(-c2cccc(OCc3ccc(CCC(=O)O)cc3)n2)c(C)c1. The third-order valence-corrected chi connectivity index (χ3v) is 4.84. The van der Waals surface area contributed by atoms with Gasteiger partial charge in [-0.1, -0.05) is 30.3 Å². The second-order valence-electron chi connectivity index (χ2n) is 7.10. The van der Waals surface area contributed by atoms with Crippen LogP contribution in [0.4, 0.5) is 5.69 Å². The summed E-state index contributed by atoms with van der Waals surface area (Å²) < 4.78 is 5.90. The van der Waals surface area contributed by atoms with E-state index in [1.54, 1.807) is 0 Å². The Morgan fingerprint density at radius 3 is 2.31 bits per heavy atom. The van der Waals surface area contributed by atoms with Gasteiger partial charge in [0.25, 0.3) is 0 Å². The average Bonchev–Trinajstić information content (AvgIpc) is 2.71. The van der Waals surface area contributed by atoms with Gasteiger partial charge < -0.3 is 15.2 Å². The van der Waals surface area contributed by atoms with Gasteiger partial charge >= 0.3 is 5.97 Å². The quantitative estimate of drug-likeness (QED) is 0.566. The van der Waals surface area contributed by atoms with E-state index in [2.05, 4.69) is 31.3 Å². The molecule has 3 aromatic rings. The largest absolute Gasteiger partial charge is 0.481 e. The number of carboxylic acids is 1. The van der Waals surface area contributed by atoms with Gasteiger partial charge in [-0.2, -0.15) is 0 Å². The van der Waals surface area contributed by atoms with E-state index in [0.29, 0.717) is 18.9 Å². The zero-order chi connectivity index (χ0) is 20.8. The highest BCUT2D eigenvalue weighted by Crippen LogP contribution is 2.30. The number of ether oxygens (including phenoxy) is 1. The van der Waals surface area contributed by atoms with Crippen molar-refractivity contribution in [3.8, 4) is 17.1 Å². The number of aryl methyl sites for hydroxylation is 3. The van der Waals surface area contributed by atoms with Crippen molar-refractivity contribution in [3.05, 3.63) is 76.9 Å². The van der Waals surface area contributed by atoms with Crippen LogP contribution in [0.25, 0.3) is 11.3 Å². The molecule has 1 heterocycles. The molecular weight excluding hydrogens is 364 g/mol. The second-order valence-corrected chi connectivity index (χ2v) is 7.10. The number of rotatable bonds is 8. The van der Waals surface area contributed by atoms with E-state index in [-0.39, 0.29) is 6.42 Å². The maximum absolute atomic E-state index is 10.7. The van der Waals surface area contributed by atoms with E-state index in [9.17, 15) is 4.79 Å². The molecule has 0 aliphatic heterocycles. The van der Waals surface area contributed by atoms with Crippen LogP contribution >= 0.6 is 0 Å². The van der Waals surface area contributed by atoms with Crippen molar-refractivity contribution in [3.63, 3.8) is 0 Å². The van der Waals surface area contributed by atoms with Gasteiger partial charge in [-0.15, -0.1) is 0 Å². The molecule has 0 amide bonds. The molecule has 0 bridgehead atoms. The summed E-state index contributed by atoms with van der Waals surface area (Å²) in [5, 5.41) is 12.0. The van der Waals surface area contributed by atoms with Gasteiger partial charge in [-0.25, -0.2) is 4.98 Å². The summed E-state index contributed by atoms with van der Waals surface area (Å²) in [4.78, 5) is 15.4. The van der Waals surface area contributed by atoms with Crippen LogP contribution in [-0.4, -0.2) is 23.1 Å². The number of carboxylic acid groups (broad SMARTS) is 1. The molecule has 2 aromatic carbocycles. The standard InChI is InChI=1S/C24H26N2O3/c1-16-13-20(25-3)14-17(2)24(16)21-5-4-6-22(26-21)29-15-19-9-7-18(8-10-19)11-12-23(27)28/h4-10,13-14,25H,11-12,15H2,1-3H3,(H,27,28). The number of hydrogen-bond acceptors (Lipinski definition) is 4. The lowest BCUT2D eigenvalue weighted by Crippen LogP contribution is -2.00. The predicted octanol–water partition coefficient (Wildman–Crippen LogP) is 5.00. The highest BCUT2D eigenvalue weighted by atomic mass is 16.5. The first-order valence-corrected chi connectivity index (χ1v) is 9.65. The van der Waals surface area contributed by atoms with Crippen molar-refractivity contribution < 1.29 is 14.6 Å². The predicted molar refractivity (Wildman–Crippen MR) is 115 cm³/mol. The fourth-order valence-electron chi connectivity index (χ4n) is 3.36. The molecule has 0 aliphatic carbocycles. The van der Waals surface area contributed by atoms with Gasteiger partial charge in [0.1, 0.15) is 6.61 Å². The summed E-state index contributed by atoms with van der Waals surface area (Å²) in [6.45, 7) is 4.58. The monoisotopic (exact) mass is 390 g/mol. The van der Waals surface area contributed by atoms with Crippen molar-refractivity contribution in [2.24, 2.45) is 0 Å². The summed E-state index contributed by atoms with van der Waals surface area (Å²) in [5.41, 5.74) is 7.45. The molecule has 0 unspecified atom stereocenters. The van der Waals surface area contributed by atoms with Gasteiger partial charge in [-0.05, 0) is 60.7 Å². The first kappa shape index (κ1) is 20.4. The molecule has 0 fully saturated rings. The summed E-state index contributed by atoms with van der Waals surface area (Å²) >= 11 is 0. The van der Waals surface area contributed by atoms with E-state index in [4.69, 9.17) is 14.8 Å². The minimum absolute atomic E-state index is 0.140. The highest BCUT2D eigenvalue weighted by Gasteiger charge is 2.10. The first-order chi connectivity index (χ1) is 14.0. The van der Waals surface area contributed by atoms with Crippen LogP contribution in [0.15, 0.2) is 54.6 Å². The molecule has 0 saturated heterocycles. The molecule has 29 heavy (non-hydrogen) atoms. The summed E-state index contributed by atoms with van der Waals surface area (Å²) in [6, 6.07) is 17.9. The molecule has 1 aromatic heterocycles. The molecule has 0 radical (unpaired) electrons. The fourth-order valence-corrected chi connectivity index (χ4v) is 3.36. The van der Waals surface area contributed by atoms with E-state index in [1.165, 1.54) is 0 Å². The van der Waals surface area contributed by atoms with Gasteiger partial charge in [0.15, 0.2) is 0 Å². The topological polar surface area (TPSA) is 71.5 Å². The van der Waals surface area contributed by atoms with Crippen LogP contribution in [0, 0.1) is 13.8 Å². The van der Waals surface area contributed by atoms with E-state index < -0.39 is 5.97 Å². The van der Waals surface area contributed by atoms with Crippen LogP contribution in [0.3, 0.4) is 0 Å². The third-order valence-electron chi connectivity index (χ3n) is 4.84. The lowest BCUT2D eigenvalue weighted by molar-refractivity contribution is -0.136. The fraction of sp³-hybridized carbons (Fsp3) is 0.250. The minimum Gasteiger partial charge on any atom is -0.481 e. The molecule has 0 aliphatic rings. The molecule has 0 spiro atoms. The number of benzene rings is 2. The van der Waals surface area contributed by atoms with Crippen molar-refractivity contribution in [1.29, 1.82) is 0 Å². The summed E-state index contributed by atoms with van der Waals surface area (Å²) in [7, 11) is 1.92. The van der Waals surface area contributed by atoms with Crippen molar-refractivity contribution in [2.45, 2.75) is 33.3 Å². The number of aliphatic carboxylic acids is 1. The van der Waals surface area contributed by atoms with E-state index in [0.717, 1.165) is 39.2 Å². The van der Waals surface area contributed by atoms with Crippen LogP contribution in [0.2, 0.25) is 0 Å². The molecule has 5 nitrogen and oxygen atoms in total. The van der Waals surface area contributed by atoms with Crippen molar-refractivity contribution in [1.82, 2.24) is 4.98 Å². The van der Waals surface area contributed by atoms with Crippen molar-refractivity contribution in [2.75, 3.05) is 12.4 Å². The Balaban J connectivity index is 1.70. The number of nitrogens with zero attached hydrogens (tertiary/aromatic N) is 1. The summed E-state index contributed by atoms with van der Waals surface area (Å²) in [5.74, 6) is -0.205. The van der Waals surface area contributed by atoms with Crippen LogP contribution in [0.5, 0.6) is 5.88 Å². The maximum atomic E-state index is 10.7. The Kier molecular flexibility index (Phi) is 6.50. The summed E-state index contributed by atoms with van der Waals surface area (Å²) in [6.07, 6.45) is 0.672. The maximum Gasteiger partial charge on any atom is 0.303 e. The number of carbonyl (C=O) groups is 1. The second kappa shape index (κ2) is 9.24. The third kappa shape index (κ3) is 5.35. The Labute approximate surface area is 171 Å². The Hall–Kier alpha value is -3.34. The van der Waals surface area contributed by atoms with Crippen molar-refractivity contribution >= 4 is 11.7 Å². The first-order valence-electron chi connectivity index (χ1n) is 9.65. The van der Waals surface area contributed by atoms with E-state index in [1.807, 2.05) is 49.5 Å². The molecule has 3 rings (SSSR count). The molecule has 2 N–H and O–H groups in total. The lowest BCUT2D eigenvalue weighted by atomic mass is 9.98. The number of aromatic nitrogens is 1. The normalized spacial score (nSPS) is 10.6. The number of nitrogens with one attached hydrogen (secondary N) is 1. The van der Waals surface area contributed by atoms with Crippen LogP contribution < -0.4 is 10.1 Å². The van der Waals surface area contributed by atoms with Gasteiger partial charge in [0.2, 0.25) is 5.88 Å². The molecular formula is C24H26N2O3. The average molecular weight is 390 g/mol. The Morgan fingerprint density at radius 1 is 1.03 bits per heavy atom. The number of anilines is 1. The van der Waals surface area contributed by atoms with Gasteiger partial charge in [0.05, 0.1) is 5.69 Å². The molecule has 150 valence electrons.